The minimum absolute atomic E-state index is 0.00356. The summed E-state index contributed by atoms with van der Waals surface area (Å²) in [5.41, 5.74) is -1.45. The van der Waals surface area contributed by atoms with Gasteiger partial charge in [-0.05, 0) is 50.3 Å². The Bertz CT molecular complexity index is 1070. The molecule has 3 fully saturated rings. The SMILES string of the molecule is CC1(C(=O)N2CC(S(=O)(=O)c3ccc(Cl)cc3Cl)CC2C(=O)NC2(C#N)CC2)CC1. The molecule has 2 atom stereocenters. The van der Waals surface area contributed by atoms with Crippen LogP contribution < -0.4 is 5.32 Å². The Morgan fingerprint density at radius 3 is 2.43 bits per heavy atom. The molecule has 1 aromatic carbocycles. The highest BCUT2D eigenvalue weighted by Crippen LogP contribution is 2.48. The Morgan fingerprint density at radius 2 is 1.90 bits per heavy atom. The van der Waals surface area contributed by atoms with Crippen LogP contribution in [0.1, 0.15) is 39.0 Å². The molecular weight excluding hydrogens is 449 g/mol. The van der Waals surface area contributed by atoms with Crippen molar-refractivity contribution in [1.29, 1.82) is 5.26 Å². The van der Waals surface area contributed by atoms with Crippen molar-refractivity contribution >= 4 is 44.9 Å². The molecule has 160 valence electrons. The van der Waals surface area contributed by atoms with Gasteiger partial charge in [0, 0.05) is 17.0 Å². The zero-order valence-corrected chi connectivity index (χ0v) is 18.6. The van der Waals surface area contributed by atoms with Gasteiger partial charge in [-0.3, -0.25) is 9.59 Å². The van der Waals surface area contributed by atoms with Gasteiger partial charge in [0.1, 0.15) is 11.6 Å². The van der Waals surface area contributed by atoms with Crippen molar-refractivity contribution in [1.82, 2.24) is 10.2 Å². The first-order valence-corrected chi connectivity index (χ1v) is 12.0. The molecule has 4 rings (SSSR count). The van der Waals surface area contributed by atoms with Gasteiger partial charge in [0.2, 0.25) is 11.8 Å². The number of nitrogens with zero attached hydrogens (tertiary/aromatic N) is 2. The van der Waals surface area contributed by atoms with Crippen LogP contribution in [0.5, 0.6) is 0 Å². The van der Waals surface area contributed by atoms with E-state index in [0.717, 1.165) is 0 Å². The summed E-state index contributed by atoms with van der Waals surface area (Å²) < 4.78 is 26.5. The van der Waals surface area contributed by atoms with Gasteiger partial charge in [0.05, 0.1) is 21.2 Å². The monoisotopic (exact) mass is 469 g/mol. The molecule has 1 saturated heterocycles. The molecule has 1 aromatic rings. The molecule has 2 saturated carbocycles. The van der Waals surface area contributed by atoms with Crippen molar-refractivity contribution in [2.75, 3.05) is 6.54 Å². The van der Waals surface area contributed by atoms with E-state index >= 15 is 0 Å². The Hall–Kier alpha value is -1.82. The number of carbonyl (C=O) groups is 2. The summed E-state index contributed by atoms with van der Waals surface area (Å²) in [7, 11) is -3.91. The number of rotatable bonds is 5. The van der Waals surface area contributed by atoms with Gasteiger partial charge in [-0.2, -0.15) is 5.26 Å². The number of hydrogen-bond acceptors (Lipinski definition) is 5. The molecule has 1 N–H and O–H groups in total. The number of nitrogens with one attached hydrogen (secondary N) is 1. The molecule has 0 radical (unpaired) electrons. The Balaban J connectivity index is 1.63. The third-order valence-electron chi connectivity index (χ3n) is 6.31. The van der Waals surface area contributed by atoms with Gasteiger partial charge in [-0.1, -0.05) is 30.1 Å². The standard InChI is InChI=1S/C20H21Cl2N3O4S/c1-19(4-5-19)18(27)25-10-13(9-15(25)17(26)24-20(11-23)6-7-20)30(28,29)16-3-2-12(21)8-14(16)22/h2-3,8,13,15H,4-7,9-10H2,1H3,(H,24,26). The molecule has 3 aliphatic rings. The minimum Gasteiger partial charge on any atom is -0.336 e. The molecule has 30 heavy (non-hydrogen) atoms. The van der Waals surface area contributed by atoms with E-state index in [9.17, 15) is 23.3 Å². The molecule has 2 aliphatic carbocycles. The van der Waals surface area contributed by atoms with Crippen LogP contribution >= 0.6 is 23.2 Å². The van der Waals surface area contributed by atoms with Crippen molar-refractivity contribution in [3.63, 3.8) is 0 Å². The fraction of sp³-hybridized carbons (Fsp3) is 0.550. The van der Waals surface area contributed by atoms with E-state index in [0.29, 0.717) is 30.7 Å². The number of likely N-dealkylation sites (tertiary alicyclic amines) is 1. The third kappa shape index (κ3) is 3.68. The maximum absolute atomic E-state index is 13.3. The number of halogens is 2. The number of amides is 2. The molecule has 2 unspecified atom stereocenters. The van der Waals surface area contributed by atoms with Crippen LogP contribution in [0.25, 0.3) is 0 Å². The van der Waals surface area contributed by atoms with Crippen LogP contribution in [-0.2, 0) is 19.4 Å². The summed E-state index contributed by atoms with van der Waals surface area (Å²) >= 11 is 12.0. The van der Waals surface area contributed by atoms with Gasteiger partial charge in [0.15, 0.2) is 9.84 Å². The summed E-state index contributed by atoms with van der Waals surface area (Å²) in [6.45, 7) is 1.73. The first-order chi connectivity index (χ1) is 14.0. The van der Waals surface area contributed by atoms with Crippen molar-refractivity contribution in [2.45, 2.75) is 60.8 Å². The number of hydrogen-bond donors (Lipinski definition) is 1. The van der Waals surface area contributed by atoms with Gasteiger partial charge in [0.25, 0.3) is 0 Å². The number of benzene rings is 1. The van der Waals surface area contributed by atoms with Gasteiger partial charge >= 0.3 is 0 Å². The highest BCUT2D eigenvalue weighted by atomic mass is 35.5. The second-order valence-corrected chi connectivity index (χ2v) is 11.7. The lowest BCUT2D eigenvalue weighted by molar-refractivity contribution is -0.142. The van der Waals surface area contributed by atoms with Gasteiger partial charge in [-0.15, -0.1) is 0 Å². The van der Waals surface area contributed by atoms with Crippen molar-refractivity contribution < 1.29 is 18.0 Å². The average molecular weight is 470 g/mol. The fourth-order valence-electron chi connectivity index (χ4n) is 3.84. The van der Waals surface area contributed by atoms with E-state index in [2.05, 4.69) is 11.4 Å². The second-order valence-electron chi connectivity index (χ2n) is 8.69. The first-order valence-electron chi connectivity index (χ1n) is 9.75. The van der Waals surface area contributed by atoms with E-state index in [1.54, 1.807) is 0 Å². The number of nitriles is 1. The molecular formula is C20H21Cl2N3O4S. The maximum Gasteiger partial charge on any atom is 0.244 e. The second kappa shape index (κ2) is 7.11. The highest BCUT2D eigenvalue weighted by molar-refractivity contribution is 7.92. The third-order valence-corrected chi connectivity index (χ3v) is 9.16. The Labute approximate surface area is 185 Å². The van der Waals surface area contributed by atoms with Crippen molar-refractivity contribution in [3.8, 4) is 6.07 Å². The van der Waals surface area contributed by atoms with E-state index < -0.39 is 38.0 Å². The molecule has 0 bridgehead atoms. The van der Waals surface area contributed by atoms with Gasteiger partial charge in [-0.25, -0.2) is 8.42 Å². The van der Waals surface area contributed by atoms with Gasteiger partial charge < -0.3 is 10.2 Å². The summed E-state index contributed by atoms with van der Waals surface area (Å²) in [5, 5.41) is 11.3. The zero-order valence-electron chi connectivity index (χ0n) is 16.3. The summed E-state index contributed by atoms with van der Waals surface area (Å²) in [6, 6.07) is 5.29. The topological polar surface area (TPSA) is 107 Å². The largest absolute Gasteiger partial charge is 0.336 e. The van der Waals surface area contributed by atoms with Crippen LogP contribution in [0.15, 0.2) is 23.1 Å². The molecule has 7 nitrogen and oxygen atoms in total. The summed E-state index contributed by atoms with van der Waals surface area (Å²) in [6.07, 6.45) is 2.47. The zero-order chi connectivity index (χ0) is 21.9. The Morgan fingerprint density at radius 1 is 1.23 bits per heavy atom. The molecule has 2 amide bonds. The molecule has 10 heteroatoms. The van der Waals surface area contributed by atoms with Crippen LogP contribution in [0, 0.1) is 16.7 Å². The number of carbonyl (C=O) groups excluding carboxylic acids is 2. The lowest BCUT2D eigenvalue weighted by Gasteiger charge is -2.27. The Kier molecular flexibility index (Phi) is 5.08. The normalized spacial score (nSPS) is 26.0. The number of sulfone groups is 1. The van der Waals surface area contributed by atoms with Crippen molar-refractivity contribution in [3.05, 3.63) is 28.2 Å². The molecule has 0 aromatic heterocycles. The molecule has 0 spiro atoms. The minimum atomic E-state index is -3.91. The predicted octanol–water partition coefficient (Wildman–Crippen LogP) is 2.71. The van der Waals surface area contributed by atoms with Crippen LogP contribution in [-0.4, -0.2) is 48.5 Å². The van der Waals surface area contributed by atoms with Crippen molar-refractivity contribution in [2.24, 2.45) is 5.41 Å². The molecule has 1 aliphatic heterocycles. The van der Waals surface area contributed by atoms with Crippen LogP contribution in [0.3, 0.4) is 0 Å². The van der Waals surface area contributed by atoms with E-state index in [1.807, 2.05) is 6.92 Å². The lowest BCUT2D eigenvalue weighted by atomic mass is 10.1. The first kappa shape index (κ1) is 21.4. The highest BCUT2D eigenvalue weighted by Gasteiger charge is 2.55. The van der Waals surface area contributed by atoms with E-state index in [4.69, 9.17) is 23.2 Å². The van der Waals surface area contributed by atoms with E-state index in [-0.39, 0.29) is 28.8 Å². The fourth-order valence-corrected chi connectivity index (χ4v) is 6.31. The average Bonchev–Trinajstić information content (AvgIpc) is 3.58. The van der Waals surface area contributed by atoms with Crippen LogP contribution in [0.4, 0.5) is 0 Å². The molecule has 1 heterocycles. The predicted molar refractivity (Wildman–Crippen MR) is 111 cm³/mol. The quantitative estimate of drug-likeness (QED) is 0.712. The smallest absolute Gasteiger partial charge is 0.244 e. The lowest BCUT2D eigenvalue weighted by Crippen LogP contribution is -2.50. The van der Waals surface area contributed by atoms with E-state index in [1.165, 1.54) is 23.1 Å². The van der Waals surface area contributed by atoms with Crippen LogP contribution in [0.2, 0.25) is 10.0 Å². The summed E-state index contributed by atoms with van der Waals surface area (Å²) in [4.78, 5) is 27.3. The maximum atomic E-state index is 13.3. The summed E-state index contributed by atoms with van der Waals surface area (Å²) in [5.74, 6) is -0.698.